The van der Waals surface area contributed by atoms with Crippen molar-refractivity contribution in [3.05, 3.63) is 52.4 Å². The molecule has 3 heterocycles. The van der Waals surface area contributed by atoms with Crippen molar-refractivity contribution in [2.45, 2.75) is 38.3 Å². The molecule has 3 aromatic rings. The number of ether oxygens (including phenoxy) is 3. The van der Waals surface area contributed by atoms with Gasteiger partial charge in [0.1, 0.15) is 29.7 Å². The van der Waals surface area contributed by atoms with E-state index in [0.29, 0.717) is 58.0 Å². The van der Waals surface area contributed by atoms with Gasteiger partial charge in [-0.3, -0.25) is 4.90 Å². The number of anilines is 5. The molecule has 5 rings (SSSR count). The lowest BCUT2D eigenvalue weighted by molar-refractivity contribution is 0.0793. The SMILES string of the molecule is COCCOc1cc(Nc2ncc(Br)c(Nc3cc(F)ccc3C(C)(C)O)n2)c(OC)cc1N1CCC(N2CCN(C)CC2)CC1. The Kier molecular flexibility index (Phi) is 11.2. The van der Waals surface area contributed by atoms with Crippen LogP contribution >= 0.6 is 15.9 Å². The number of methoxy groups -OCH3 is 2. The van der Waals surface area contributed by atoms with Gasteiger partial charge in [0, 0.05) is 82.0 Å². The second-order valence-corrected chi connectivity index (χ2v) is 13.2. The van der Waals surface area contributed by atoms with Gasteiger partial charge in [0.25, 0.3) is 0 Å². The van der Waals surface area contributed by atoms with E-state index in [9.17, 15) is 9.50 Å². The summed E-state index contributed by atoms with van der Waals surface area (Å²) < 4.78 is 32.1. The number of hydrogen-bond acceptors (Lipinski definition) is 11. The standard InChI is InChI=1S/C33H45BrFN7O4/c1-33(2,43)24-7-6-22(35)18-26(24)37-31-25(34)21-36-32(39-31)38-27-19-30(46-17-16-44-4)28(20-29(27)45-5)42-10-8-23(9-11-42)41-14-12-40(3)13-15-41/h6-7,18-21,23,43H,8-17H2,1-5H3,(H2,36,37,38,39). The molecule has 0 aliphatic carbocycles. The lowest BCUT2D eigenvalue weighted by atomic mass is 9.96. The topological polar surface area (TPSA) is 107 Å². The molecule has 2 aromatic carbocycles. The number of piperazine rings is 1. The van der Waals surface area contributed by atoms with Gasteiger partial charge in [-0.05, 0) is 61.8 Å². The van der Waals surface area contributed by atoms with E-state index in [2.05, 4.69) is 58.3 Å². The lowest BCUT2D eigenvalue weighted by Gasteiger charge is -2.42. The zero-order valence-electron chi connectivity index (χ0n) is 27.3. The highest BCUT2D eigenvalue weighted by molar-refractivity contribution is 9.10. The molecule has 0 unspecified atom stereocenters. The van der Waals surface area contributed by atoms with Gasteiger partial charge in [-0.25, -0.2) is 9.37 Å². The molecule has 46 heavy (non-hydrogen) atoms. The van der Waals surface area contributed by atoms with Crippen molar-refractivity contribution in [3.8, 4) is 11.5 Å². The van der Waals surface area contributed by atoms with Gasteiger partial charge in [-0.2, -0.15) is 4.98 Å². The summed E-state index contributed by atoms with van der Waals surface area (Å²) in [6, 6.07) is 8.70. The molecule has 11 nitrogen and oxygen atoms in total. The maximum atomic E-state index is 14.2. The van der Waals surface area contributed by atoms with Crippen LogP contribution in [0.15, 0.2) is 41.0 Å². The third-order valence-electron chi connectivity index (χ3n) is 8.57. The number of rotatable bonds is 12. The molecular formula is C33H45BrFN7O4. The molecule has 0 bridgehead atoms. The van der Waals surface area contributed by atoms with Crippen LogP contribution in [0.3, 0.4) is 0 Å². The second kappa shape index (κ2) is 15.1. The number of piperidine rings is 1. The number of likely N-dealkylation sites (N-methyl/N-ethyl adjacent to an activating group) is 1. The van der Waals surface area contributed by atoms with Crippen LogP contribution in [0.2, 0.25) is 0 Å². The quantitative estimate of drug-likeness (QED) is 0.213. The first-order valence-electron chi connectivity index (χ1n) is 15.7. The summed E-state index contributed by atoms with van der Waals surface area (Å²) in [7, 11) is 5.48. The van der Waals surface area contributed by atoms with E-state index in [0.717, 1.165) is 57.8 Å². The molecule has 2 fully saturated rings. The van der Waals surface area contributed by atoms with Gasteiger partial charge in [0.15, 0.2) is 0 Å². The van der Waals surface area contributed by atoms with E-state index in [1.165, 1.54) is 12.1 Å². The van der Waals surface area contributed by atoms with Crippen LogP contribution < -0.4 is 25.0 Å². The zero-order chi connectivity index (χ0) is 32.8. The van der Waals surface area contributed by atoms with E-state index >= 15 is 0 Å². The van der Waals surface area contributed by atoms with Crippen LogP contribution in [0.5, 0.6) is 11.5 Å². The van der Waals surface area contributed by atoms with Crippen molar-refractivity contribution in [1.82, 2.24) is 19.8 Å². The van der Waals surface area contributed by atoms with Gasteiger partial charge >= 0.3 is 0 Å². The monoisotopic (exact) mass is 701 g/mol. The van der Waals surface area contributed by atoms with E-state index in [4.69, 9.17) is 14.2 Å². The van der Waals surface area contributed by atoms with Crippen molar-refractivity contribution < 1.29 is 23.7 Å². The second-order valence-electron chi connectivity index (χ2n) is 12.3. The van der Waals surface area contributed by atoms with Crippen molar-refractivity contribution in [1.29, 1.82) is 0 Å². The van der Waals surface area contributed by atoms with Crippen LogP contribution in [-0.2, 0) is 10.3 Å². The van der Waals surface area contributed by atoms with Crippen molar-refractivity contribution in [2.75, 3.05) is 89.3 Å². The Labute approximate surface area is 279 Å². The maximum absolute atomic E-state index is 14.2. The fraction of sp³-hybridized carbons (Fsp3) is 0.515. The molecule has 2 saturated heterocycles. The van der Waals surface area contributed by atoms with Crippen LogP contribution in [0.25, 0.3) is 0 Å². The molecule has 0 amide bonds. The predicted octanol–water partition coefficient (Wildman–Crippen LogP) is 5.34. The number of aromatic nitrogens is 2. The fourth-order valence-electron chi connectivity index (χ4n) is 5.99. The average molecular weight is 703 g/mol. The normalized spacial score (nSPS) is 16.8. The van der Waals surface area contributed by atoms with Gasteiger partial charge in [-0.1, -0.05) is 6.07 Å². The Morgan fingerprint density at radius 3 is 2.39 bits per heavy atom. The molecule has 0 saturated carbocycles. The summed E-state index contributed by atoms with van der Waals surface area (Å²) in [6.07, 6.45) is 3.78. The molecule has 0 atom stereocenters. The highest BCUT2D eigenvalue weighted by atomic mass is 79.9. The van der Waals surface area contributed by atoms with Crippen LogP contribution in [0.1, 0.15) is 32.3 Å². The van der Waals surface area contributed by atoms with Crippen LogP contribution in [0.4, 0.5) is 33.2 Å². The highest BCUT2D eigenvalue weighted by Crippen LogP contribution is 2.41. The summed E-state index contributed by atoms with van der Waals surface area (Å²) in [5, 5.41) is 17.1. The van der Waals surface area contributed by atoms with Crippen LogP contribution in [0, 0.1) is 5.82 Å². The maximum Gasteiger partial charge on any atom is 0.229 e. The Balaban J connectivity index is 1.38. The molecule has 13 heteroatoms. The number of nitrogens with zero attached hydrogens (tertiary/aromatic N) is 5. The molecule has 2 aliphatic heterocycles. The number of benzene rings is 2. The lowest BCUT2D eigenvalue weighted by Crippen LogP contribution is -2.52. The Hall–Kier alpha value is -3.23. The Bertz CT molecular complexity index is 1480. The largest absolute Gasteiger partial charge is 0.494 e. The molecular weight excluding hydrogens is 657 g/mol. The van der Waals surface area contributed by atoms with Crippen LogP contribution in [-0.4, -0.2) is 105 Å². The third kappa shape index (κ3) is 8.37. The minimum Gasteiger partial charge on any atom is -0.494 e. The van der Waals surface area contributed by atoms with Crippen molar-refractivity contribution in [2.24, 2.45) is 0 Å². The molecule has 0 radical (unpaired) electrons. The summed E-state index contributed by atoms with van der Waals surface area (Å²) >= 11 is 3.49. The molecule has 2 aliphatic rings. The van der Waals surface area contributed by atoms with E-state index in [1.807, 2.05) is 12.1 Å². The van der Waals surface area contributed by atoms with Crippen molar-refractivity contribution >= 4 is 44.8 Å². The Morgan fingerprint density at radius 2 is 1.72 bits per heavy atom. The van der Waals surface area contributed by atoms with Gasteiger partial charge in [0.2, 0.25) is 5.95 Å². The van der Waals surface area contributed by atoms with E-state index in [-0.39, 0.29) is 5.95 Å². The molecule has 1 aromatic heterocycles. The molecule has 0 spiro atoms. The summed E-state index contributed by atoms with van der Waals surface area (Å²) in [4.78, 5) is 16.5. The first-order chi connectivity index (χ1) is 22.0. The highest BCUT2D eigenvalue weighted by Gasteiger charge is 2.29. The van der Waals surface area contributed by atoms with Gasteiger partial charge < -0.3 is 39.8 Å². The minimum absolute atomic E-state index is 0.286. The summed E-state index contributed by atoms with van der Waals surface area (Å²) in [5.74, 6) is 1.57. The molecule has 3 N–H and O–H groups in total. The van der Waals surface area contributed by atoms with Crippen molar-refractivity contribution in [3.63, 3.8) is 0 Å². The first-order valence-corrected chi connectivity index (χ1v) is 16.4. The minimum atomic E-state index is -1.20. The number of nitrogens with one attached hydrogen (secondary N) is 2. The number of halogens is 2. The first kappa shape index (κ1) is 34.1. The fourth-order valence-corrected chi connectivity index (χ4v) is 6.28. The zero-order valence-corrected chi connectivity index (χ0v) is 28.9. The molecule has 250 valence electrons. The third-order valence-corrected chi connectivity index (χ3v) is 9.15. The van der Waals surface area contributed by atoms with E-state index < -0.39 is 11.4 Å². The Morgan fingerprint density at radius 1 is 0.978 bits per heavy atom. The van der Waals surface area contributed by atoms with Gasteiger partial charge in [0.05, 0.1) is 35.2 Å². The predicted molar refractivity (Wildman–Crippen MR) is 183 cm³/mol. The number of aliphatic hydroxyl groups is 1. The van der Waals surface area contributed by atoms with E-state index in [1.54, 1.807) is 40.3 Å². The number of hydrogen-bond donors (Lipinski definition) is 3. The van der Waals surface area contributed by atoms with Gasteiger partial charge in [-0.15, -0.1) is 0 Å². The summed E-state index contributed by atoms with van der Waals surface area (Å²) in [5.41, 5.74) is 1.31. The average Bonchev–Trinajstić information content (AvgIpc) is 3.03. The summed E-state index contributed by atoms with van der Waals surface area (Å²) in [6.45, 7) is 10.5. The smallest absolute Gasteiger partial charge is 0.229 e.